The molecule has 2 amide bonds. The Bertz CT molecular complexity index is 1490. The first-order valence-electron chi connectivity index (χ1n) is 13.5. The quantitative estimate of drug-likeness (QED) is 0.214. The third-order valence-electron chi connectivity index (χ3n) is 6.61. The molecule has 41 heavy (non-hydrogen) atoms. The lowest BCUT2D eigenvalue weighted by Crippen LogP contribution is -2.49. The number of aliphatic hydroxyl groups is 1. The number of carbonyl (C=O) groups is 3. The second kappa shape index (κ2) is 13.6. The molecule has 3 N–H and O–H groups in total. The number of carboxylic acids is 1. The standard InChI is InChI=1S/C33H34N2O6/c1-22(2)19-35(20-29(36)31(37)38)33(40)34-30(32(39)41-21-23-8-4-3-5-9-23)26-15-12-25(13-16-26)28-17-14-24-10-6-7-11-27(24)18-28/h3-18,22,29-30,36H,19-21H2,1-2H3,(H,34,40)(H,37,38)/t29?,30-/m0/s1. The summed E-state index contributed by atoms with van der Waals surface area (Å²) in [5.41, 5.74) is 3.24. The molecule has 2 atom stereocenters. The topological polar surface area (TPSA) is 116 Å². The lowest BCUT2D eigenvalue weighted by Gasteiger charge is -2.28. The molecular formula is C33H34N2O6. The fourth-order valence-electron chi connectivity index (χ4n) is 4.51. The van der Waals surface area contributed by atoms with Gasteiger partial charge in [0.05, 0.1) is 6.54 Å². The van der Waals surface area contributed by atoms with Crippen LogP contribution in [-0.2, 0) is 20.9 Å². The third kappa shape index (κ3) is 7.93. The summed E-state index contributed by atoms with van der Waals surface area (Å²) in [7, 11) is 0. The van der Waals surface area contributed by atoms with Crippen molar-refractivity contribution in [1.29, 1.82) is 0 Å². The summed E-state index contributed by atoms with van der Waals surface area (Å²) in [5.74, 6) is -2.11. The number of hydrogen-bond donors (Lipinski definition) is 3. The minimum absolute atomic E-state index is 0.00790. The summed E-state index contributed by atoms with van der Waals surface area (Å²) in [5, 5.41) is 24.0. The molecule has 0 aliphatic carbocycles. The molecular weight excluding hydrogens is 520 g/mol. The Hall–Kier alpha value is -4.69. The second-order valence-corrected chi connectivity index (χ2v) is 10.3. The van der Waals surface area contributed by atoms with Crippen LogP contribution < -0.4 is 5.32 Å². The van der Waals surface area contributed by atoms with Gasteiger partial charge >= 0.3 is 18.0 Å². The first kappa shape index (κ1) is 29.3. The fraction of sp³-hybridized carbons (Fsp3) is 0.242. The minimum Gasteiger partial charge on any atom is -0.479 e. The molecule has 1 unspecified atom stereocenters. The average Bonchev–Trinajstić information content (AvgIpc) is 2.98. The van der Waals surface area contributed by atoms with Crippen molar-refractivity contribution in [3.63, 3.8) is 0 Å². The maximum Gasteiger partial charge on any atom is 0.334 e. The van der Waals surface area contributed by atoms with Crippen LogP contribution in [0.4, 0.5) is 4.79 Å². The molecule has 0 aromatic heterocycles. The van der Waals surface area contributed by atoms with Gasteiger partial charge in [-0.2, -0.15) is 0 Å². The van der Waals surface area contributed by atoms with Gasteiger partial charge in [0.1, 0.15) is 6.61 Å². The van der Waals surface area contributed by atoms with Crippen molar-refractivity contribution in [3.8, 4) is 11.1 Å². The van der Waals surface area contributed by atoms with Crippen molar-refractivity contribution in [2.45, 2.75) is 32.6 Å². The Labute approximate surface area is 239 Å². The highest BCUT2D eigenvalue weighted by atomic mass is 16.5. The number of nitrogens with zero attached hydrogens (tertiary/aromatic N) is 1. The summed E-state index contributed by atoms with van der Waals surface area (Å²) in [6.07, 6.45) is -1.76. The van der Waals surface area contributed by atoms with E-state index in [2.05, 4.69) is 23.5 Å². The van der Waals surface area contributed by atoms with Gasteiger partial charge in [0.25, 0.3) is 0 Å². The van der Waals surface area contributed by atoms with E-state index in [0.29, 0.717) is 5.56 Å². The fourth-order valence-corrected chi connectivity index (χ4v) is 4.51. The zero-order valence-corrected chi connectivity index (χ0v) is 23.1. The molecule has 0 spiro atoms. The Kier molecular flexibility index (Phi) is 9.71. The highest BCUT2D eigenvalue weighted by Gasteiger charge is 2.29. The molecule has 4 aromatic rings. The number of nitrogens with one attached hydrogen (secondary N) is 1. The lowest BCUT2D eigenvalue weighted by molar-refractivity contribution is -0.148. The second-order valence-electron chi connectivity index (χ2n) is 10.3. The largest absolute Gasteiger partial charge is 0.479 e. The SMILES string of the molecule is CC(C)CN(CC(O)C(=O)O)C(=O)N[C@H](C(=O)OCc1ccccc1)c1ccc(-c2ccc3ccccc3c2)cc1. The maximum atomic E-state index is 13.3. The molecule has 8 heteroatoms. The van der Waals surface area contributed by atoms with Crippen LogP contribution in [0.2, 0.25) is 0 Å². The number of amides is 2. The molecule has 8 nitrogen and oxygen atoms in total. The number of urea groups is 1. The van der Waals surface area contributed by atoms with Gasteiger partial charge in [0.15, 0.2) is 12.1 Å². The van der Waals surface area contributed by atoms with Gasteiger partial charge in [-0.25, -0.2) is 14.4 Å². The monoisotopic (exact) mass is 554 g/mol. The molecule has 0 saturated heterocycles. The summed E-state index contributed by atoms with van der Waals surface area (Å²) < 4.78 is 5.57. The molecule has 4 aromatic carbocycles. The van der Waals surface area contributed by atoms with E-state index in [9.17, 15) is 19.5 Å². The zero-order chi connectivity index (χ0) is 29.4. The van der Waals surface area contributed by atoms with E-state index >= 15 is 0 Å². The summed E-state index contributed by atoms with van der Waals surface area (Å²) in [6.45, 7) is 3.51. The molecule has 0 bridgehead atoms. The van der Waals surface area contributed by atoms with Gasteiger partial charge in [-0.15, -0.1) is 0 Å². The number of rotatable bonds is 11. The number of benzene rings is 4. The lowest BCUT2D eigenvalue weighted by atomic mass is 9.98. The molecule has 212 valence electrons. The van der Waals surface area contributed by atoms with Crippen LogP contribution in [0.25, 0.3) is 21.9 Å². The normalized spacial score (nSPS) is 12.5. The van der Waals surface area contributed by atoms with E-state index in [4.69, 9.17) is 9.84 Å². The highest BCUT2D eigenvalue weighted by Crippen LogP contribution is 2.26. The highest BCUT2D eigenvalue weighted by molar-refractivity contribution is 5.88. The first-order chi connectivity index (χ1) is 19.7. The van der Waals surface area contributed by atoms with Crippen LogP contribution in [0.15, 0.2) is 97.1 Å². The molecule has 0 radical (unpaired) electrons. The number of fused-ring (bicyclic) bond motifs is 1. The van der Waals surface area contributed by atoms with E-state index < -0.39 is 36.7 Å². The van der Waals surface area contributed by atoms with E-state index in [1.165, 1.54) is 4.90 Å². The molecule has 0 aliphatic heterocycles. The Morgan fingerprint density at radius 1 is 0.805 bits per heavy atom. The zero-order valence-electron chi connectivity index (χ0n) is 23.1. The van der Waals surface area contributed by atoms with Gasteiger partial charge in [0.2, 0.25) is 0 Å². The van der Waals surface area contributed by atoms with Crippen LogP contribution in [-0.4, -0.2) is 52.3 Å². The van der Waals surface area contributed by atoms with Crippen LogP contribution in [0.1, 0.15) is 31.0 Å². The third-order valence-corrected chi connectivity index (χ3v) is 6.61. The predicted octanol–water partition coefficient (Wildman–Crippen LogP) is 5.40. The van der Waals surface area contributed by atoms with Crippen LogP contribution in [0.3, 0.4) is 0 Å². The summed E-state index contributed by atoms with van der Waals surface area (Å²) in [6, 6.07) is 28.9. The van der Waals surface area contributed by atoms with E-state index in [-0.39, 0.29) is 19.1 Å². The summed E-state index contributed by atoms with van der Waals surface area (Å²) >= 11 is 0. The van der Waals surface area contributed by atoms with Crippen LogP contribution in [0, 0.1) is 5.92 Å². The average molecular weight is 555 g/mol. The summed E-state index contributed by atoms with van der Waals surface area (Å²) in [4.78, 5) is 39.1. The van der Waals surface area contributed by atoms with Crippen molar-refractivity contribution in [3.05, 3.63) is 108 Å². The van der Waals surface area contributed by atoms with E-state index in [1.807, 2.05) is 80.6 Å². The van der Waals surface area contributed by atoms with Gasteiger partial charge in [-0.1, -0.05) is 105 Å². The van der Waals surface area contributed by atoms with Crippen molar-refractivity contribution < 1.29 is 29.3 Å². The molecule has 0 aliphatic rings. The molecule has 4 rings (SSSR count). The Morgan fingerprint density at radius 2 is 1.44 bits per heavy atom. The molecule has 0 heterocycles. The minimum atomic E-state index is -1.76. The number of carbonyl (C=O) groups excluding carboxylic acids is 2. The maximum absolute atomic E-state index is 13.3. The first-order valence-corrected chi connectivity index (χ1v) is 13.5. The number of aliphatic carboxylic acids is 1. The number of aliphatic hydroxyl groups excluding tert-OH is 1. The number of hydrogen-bond acceptors (Lipinski definition) is 5. The molecule has 0 fully saturated rings. The van der Waals surface area contributed by atoms with Gasteiger partial charge < -0.3 is 25.2 Å². The predicted molar refractivity (Wildman–Crippen MR) is 157 cm³/mol. The van der Waals surface area contributed by atoms with Crippen LogP contribution in [0.5, 0.6) is 0 Å². The van der Waals surface area contributed by atoms with E-state index in [0.717, 1.165) is 27.5 Å². The van der Waals surface area contributed by atoms with Crippen molar-refractivity contribution in [2.24, 2.45) is 5.92 Å². The van der Waals surface area contributed by atoms with Gasteiger partial charge in [-0.05, 0) is 45.0 Å². The number of esters is 1. The van der Waals surface area contributed by atoms with Crippen molar-refractivity contribution >= 4 is 28.7 Å². The van der Waals surface area contributed by atoms with Gasteiger partial charge in [0, 0.05) is 6.54 Å². The van der Waals surface area contributed by atoms with Crippen LogP contribution >= 0.6 is 0 Å². The Balaban J connectivity index is 1.59. The van der Waals surface area contributed by atoms with Gasteiger partial charge in [-0.3, -0.25) is 0 Å². The van der Waals surface area contributed by atoms with Crippen molar-refractivity contribution in [1.82, 2.24) is 10.2 Å². The number of ether oxygens (including phenoxy) is 1. The smallest absolute Gasteiger partial charge is 0.334 e. The van der Waals surface area contributed by atoms with Crippen molar-refractivity contribution in [2.75, 3.05) is 13.1 Å². The Morgan fingerprint density at radius 3 is 2.10 bits per heavy atom. The molecule has 0 saturated carbocycles. The number of carboxylic acid groups (broad SMARTS) is 1. The van der Waals surface area contributed by atoms with E-state index in [1.54, 1.807) is 12.1 Å².